The lowest BCUT2D eigenvalue weighted by atomic mass is 9.78. The first-order valence-corrected chi connectivity index (χ1v) is 12.8. The number of hydrogen-bond donors (Lipinski definition) is 1. The Balaban J connectivity index is 2.40. The lowest BCUT2D eigenvalue weighted by Crippen LogP contribution is -2.34. The molecule has 0 bridgehead atoms. The van der Waals surface area contributed by atoms with E-state index in [2.05, 4.69) is 34.0 Å². The molecule has 0 radical (unpaired) electrons. The molecule has 190 valence electrons. The normalized spacial score (nSPS) is 13.5. The van der Waals surface area contributed by atoms with E-state index in [1.165, 1.54) is 0 Å². The number of carbonyl (C=O) groups is 1. The first-order valence-electron chi connectivity index (χ1n) is 12.1. The Kier molecular flexibility index (Phi) is 9.03. The van der Waals surface area contributed by atoms with Crippen molar-refractivity contribution < 1.29 is 14.6 Å². The standard InChI is InChI=1S/C27H42BrN3O3/c1-10-27(11-2,34-9)12-13-30-14-15-31(24(30)29-28)18-22(32)19-16-20(25(3,4)5)23(33)21(17-19)26(6,7)8/h14-17,33H,10-13,18H2,1-9H3/b29-24-. The van der Waals surface area contributed by atoms with E-state index >= 15 is 0 Å². The van der Waals surface area contributed by atoms with Gasteiger partial charge in [-0.15, -0.1) is 0 Å². The van der Waals surface area contributed by atoms with E-state index in [1.807, 2.05) is 75.2 Å². The molecule has 1 aromatic heterocycles. The van der Waals surface area contributed by atoms with Crippen LogP contribution in [0.1, 0.15) is 96.1 Å². The van der Waals surface area contributed by atoms with Crippen molar-refractivity contribution >= 4 is 21.9 Å². The molecule has 0 atom stereocenters. The third-order valence-electron chi connectivity index (χ3n) is 6.91. The van der Waals surface area contributed by atoms with Gasteiger partial charge in [0.1, 0.15) is 5.75 Å². The maximum atomic E-state index is 13.4. The summed E-state index contributed by atoms with van der Waals surface area (Å²) < 4.78 is 14.0. The molecule has 0 fully saturated rings. The second-order valence-corrected chi connectivity index (χ2v) is 11.5. The van der Waals surface area contributed by atoms with Crippen LogP contribution in [-0.2, 0) is 28.7 Å². The van der Waals surface area contributed by atoms with Crippen molar-refractivity contribution in [3.05, 3.63) is 46.8 Å². The van der Waals surface area contributed by atoms with Crippen LogP contribution in [0.2, 0.25) is 0 Å². The Morgan fingerprint density at radius 2 is 1.50 bits per heavy atom. The van der Waals surface area contributed by atoms with Crippen LogP contribution < -0.4 is 5.62 Å². The number of benzene rings is 1. The molecule has 0 unspecified atom stereocenters. The van der Waals surface area contributed by atoms with E-state index in [-0.39, 0.29) is 34.5 Å². The van der Waals surface area contributed by atoms with Gasteiger partial charge in [0.2, 0.25) is 5.62 Å². The highest BCUT2D eigenvalue weighted by Gasteiger charge is 2.28. The Labute approximate surface area is 213 Å². The molecule has 0 amide bonds. The quantitative estimate of drug-likeness (QED) is 0.384. The summed E-state index contributed by atoms with van der Waals surface area (Å²) in [6.07, 6.45) is 6.58. The molecular formula is C27H42BrN3O3. The minimum atomic E-state index is -0.292. The predicted molar refractivity (Wildman–Crippen MR) is 142 cm³/mol. The number of phenols is 1. The second kappa shape index (κ2) is 10.8. The Hall–Kier alpha value is -1.86. The number of Topliss-reactive ketones (excluding diaryl/α,β-unsaturated/α-hetero) is 1. The fourth-order valence-electron chi connectivity index (χ4n) is 4.36. The number of halogens is 1. The fraction of sp³-hybridized carbons (Fsp3) is 0.630. The van der Waals surface area contributed by atoms with Crippen molar-refractivity contribution in [3.63, 3.8) is 0 Å². The summed E-state index contributed by atoms with van der Waals surface area (Å²) in [5.41, 5.74) is 2.10. The molecule has 6 nitrogen and oxygen atoms in total. The summed E-state index contributed by atoms with van der Waals surface area (Å²) in [6, 6.07) is 3.68. The number of carbonyl (C=O) groups excluding carboxylic acids is 1. The second-order valence-electron chi connectivity index (χ2n) is 11.2. The van der Waals surface area contributed by atoms with Crippen LogP contribution in [0.4, 0.5) is 0 Å². The van der Waals surface area contributed by atoms with Crippen LogP contribution in [-0.4, -0.2) is 32.7 Å². The van der Waals surface area contributed by atoms with Gasteiger partial charge in [-0.05, 0) is 42.2 Å². The zero-order chi connectivity index (χ0) is 25.9. The number of aromatic nitrogens is 2. The maximum absolute atomic E-state index is 13.4. The molecule has 0 aliphatic carbocycles. The number of phenolic OH excluding ortho intramolecular Hbond substituents is 1. The first-order chi connectivity index (χ1) is 15.7. The number of nitrogens with zero attached hydrogens (tertiary/aromatic N) is 3. The summed E-state index contributed by atoms with van der Waals surface area (Å²) in [6.45, 7) is 17.5. The summed E-state index contributed by atoms with van der Waals surface area (Å²) in [5.74, 6) is 0.254. The summed E-state index contributed by atoms with van der Waals surface area (Å²) in [7, 11) is 1.77. The van der Waals surface area contributed by atoms with Gasteiger partial charge in [-0.25, -0.2) is 0 Å². The van der Waals surface area contributed by atoms with Gasteiger partial charge >= 0.3 is 0 Å². The molecule has 0 spiro atoms. The van der Waals surface area contributed by atoms with E-state index in [0.717, 1.165) is 36.9 Å². The maximum Gasteiger partial charge on any atom is 0.217 e. The molecule has 2 aromatic rings. The van der Waals surface area contributed by atoms with Crippen LogP contribution in [0.25, 0.3) is 0 Å². The highest BCUT2D eigenvalue weighted by Crippen LogP contribution is 2.39. The van der Waals surface area contributed by atoms with Crippen molar-refractivity contribution in [3.8, 4) is 5.75 Å². The molecule has 1 heterocycles. The smallest absolute Gasteiger partial charge is 0.217 e. The van der Waals surface area contributed by atoms with Crippen molar-refractivity contribution in [2.75, 3.05) is 7.11 Å². The third kappa shape index (κ3) is 6.22. The van der Waals surface area contributed by atoms with Crippen molar-refractivity contribution in [2.24, 2.45) is 4.02 Å². The molecule has 0 saturated carbocycles. The Bertz CT molecular complexity index is 1020. The molecule has 7 heteroatoms. The van der Waals surface area contributed by atoms with Gasteiger partial charge in [0.05, 0.1) is 28.3 Å². The molecule has 0 saturated heterocycles. The third-order valence-corrected chi connectivity index (χ3v) is 7.23. The summed E-state index contributed by atoms with van der Waals surface area (Å²) in [5, 5.41) is 11.0. The minimum Gasteiger partial charge on any atom is -0.507 e. The zero-order valence-electron chi connectivity index (χ0n) is 22.3. The number of methoxy groups -OCH3 is 1. The average Bonchev–Trinajstić information content (AvgIpc) is 3.14. The summed E-state index contributed by atoms with van der Waals surface area (Å²) >= 11 is 3.25. The van der Waals surface area contributed by atoms with E-state index in [0.29, 0.717) is 11.2 Å². The van der Waals surface area contributed by atoms with Gasteiger partial charge in [-0.2, -0.15) is 4.02 Å². The highest BCUT2D eigenvalue weighted by molar-refractivity contribution is 9.08. The molecule has 1 aromatic carbocycles. The van der Waals surface area contributed by atoms with Crippen LogP contribution in [0.15, 0.2) is 28.5 Å². The van der Waals surface area contributed by atoms with Crippen LogP contribution in [0, 0.1) is 0 Å². The number of imidazole rings is 1. The summed E-state index contributed by atoms with van der Waals surface area (Å²) in [4.78, 5) is 13.4. The van der Waals surface area contributed by atoms with E-state index < -0.39 is 0 Å². The van der Waals surface area contributed by atoms with Crippen LogP contribution in [0.5, 0.6) is 5.75 Å². The molecule has 2 rings (SSSR count). The van der Waals surface area contributed by atoms with E-state index in [4.69, 9.17) is 4.74 Å². The van der Waals surface area contributed by atoms with Gasteiger partial charge in [0, 0.05) is 42.7 Å². The van der Waals surface area contributed by atoms with E-state index in [1.54, 1.807) is 7.11 Å². The number of hydrogen-bond acceptors (Lipinski definition) is 4. The largest absolute Gasteiger partial charge is 0.507 e. The van der Waals surface area contributed by atoms with Gasteiger partial charge in [-0.3, -0.25) is 4.79 Å². The minimum absolute atomic E-state index is 0.0236. The Morgan fingerprint density at radius 1 is 1.00 bits per heavy atom. The van der Waals surface area contributed by atoms with Crippen molar-refractivity contribution in [2.45, 2.75) is 104 Å². The zero-order valence-corrected chi connectivity index (χ0v) is 23.9. The monoisotopic (exact) mass is 535 g/mol. The fourth-order valence-corrected chi connectivity index (χ4v) is 4.77. The number of ketones is 1. The number of aryl methyl sites for hydroxylation is 1. The van der Waals surface area contributed by atoms with Crippen molar-refractivity contribution in [1.29, 1.82) is 0 Å². The van der Waals surface area contributed by atoms with Gasteiger partial charge < -0.3 is 19.0 Å². The SMILES string of the molecule is CCC(CC)(CCn1ccn(CC(=O)c2cc(C(C)(C)C)c(O)c(C(C)(C)C)c2)/c1=N\Br)OC. The van der Waals surface area contributed by atoms with Gasteiger partial charge in [0.15, 0.2) is 5.78 Å². The lowest BCUT2D eigenvalue weighted by Gasteiger charge is -2.30. The molecule has 0 aliphatic heterocycles. The molecule has 1 N–H and O–H groups in total. The van der Waals surface area contributed by atoms with Gasteiger partial charge in [-0.1, -0.05) is 55.4 Å². The van der Waals surface area contributed by atoms with Crippen molar-refractivity contribution in [1.82, 2.24) is 9.13 Å². The molecular weight excluding hydrogens is 494 g/mol. The topological polar surface area (TPSA) is 68.8 Å². The predicted octanol–water partition coefficient (Wildman–Crippen LogP) is 6.28. The molecule has 34 heavy (non-hydrogen) atoms. The van der Waals surface area contributed by atoms with Crippen LogP contribution >= 0.6 is 16.1 Å². The number of aromatic hydroxyl groups is 1. The molecule has 0 aliphatic rings. The number of rotatable bonds is 9. The Morgan fingerprint density at radius 3 is 1.91 bits per heavy atom. The lowest BCUT2D eigenvalue weighted by molar-refractivity contribution is -0.0269. The van der Waals surface area contributed by atoms with Crippen LogP contribution in [0.3, 0.4) is 0 Å². The highest BCUT2D eigenvalue weighted by atomic mass is 79.9. The van der Waals surface area contributed by atoms with Gasteiger partial charge in [0.25, 0.3) is 0 Å². The van der Waals surface area contributed by atoms with E-state index in [9.17, 15) is 9.90 Å². The number of ether oxygens (including phenoxy) is 1. The first kappa shape index (κ1) is 28.4. The average molecular weight is 537 g/mol.